The number of aromatic nitrogens is 2. The van der Waals surface area contributed by atoms with Crippen molar-refractivity contribution in [3.05, 3.63) is 23.8 Å². The molecule has 0 bridgehead atoms. The Balaban J connectivity index is 2.82. The highest BCUT2D eigenvalue weighted by Crippen LogP contribution is 2.17. The standard InChI is InChI=1S/C14H20N2O8/c1-7(19)24-12(10(20)5-17)2-8-3-16-9(4-15-8)13(22)14(23)11(21)6-18/h3-4,11-14,17-18,21-23H,2,5-6H2,1H3. The first-order valence-corrected chi connectivity index (χ1v) is 7.06. The van der Waals surface area contributed by atoms with Crippen LogP contribution >= 0.6 is 0 Å². The molecule has 0 aliphatic rings. The first kappa shape index (κ1) is 20.1. The van der Waals surface area contributed by atoms with Crippen molar-refractivity contribution in [1.82, 2.24) is 9.97 Å². The highest BCUT2D eigenvalue weighted by molar-refractivity contribution is 5.86. The lowest BCUT2D eigenvalue weighted by Gasteiger charge is -2.21. The van der Waals surface area contributed by atoms with Crippen molar-refractivity contribution in [3.63, 3.8) is 0 Å². The summed E-state index contributed by atoms with van der Waals surface area (Å²) in [7, 11) is 0. The molecule has 0 aliphatic carbocycles. The Bertz CT molecular complexity index is 550. The van der Waals surface area contributed by atoms with Crippen molar-refractivity contribution in [1.29, 1.82) is 0 Å². The maximum absolute atomic E-state index is 11.5. The minimum Gasteiger partial charge on any atom is -0.454 e. The number of Topliss-reactive ketones (excluding diaryl/α,β-unsaturated/α-hetero) is 1. The average molecular weight is 344 g/mol. The minimum absolute atomic E-state index is 0.0590. The smallest absolute Gasteiger partial charge is 0.303 e. The molecule has 0 aromatic carbocycles. The molecule has 24 heavy (non-hydrogen) atoms. The molecular formula is C14H20N2O8. The van der Waals surface area contributed by atoms with E-state index in [1.807, 2.05) is 0 Å². The summed E-state index contributed by atoms with van der Waals surface area (Å²) in [4.78, 5) is 30.3. The molecule has 10 heteroatoms. The van der Waals surface area contributed by atoms with E-state index in [0.29, 0.717) is 0 Å². The topological polar surface area (TPSA) is 170 Å². The second kappa shape index (κ2) is 9.35. The summed E-state index contributed by atoms with van der Waals surface area (Å²) < 4.78 is 4.80. The maximum Gasteiger partial charge on any atom is 0.303 e. The van der Waals surface area contributed by atoms with E-state index in [0.717, 1.165) is 13.1 Å². The number of ether oxygens (including phenoxy) is 1. The molecule has 0 radical (unpaired) electrons. The van der Waals surface area contributed by atoms with Gasteiger partial charge < -0.3 is 30.3 Å². The highest BCUT2D eigenvalue weighted by Gasteiger charge is 2.27. The van der Waals surface area contributed by atoms with E-state index < -0.39 is 49.4 Å². The van der Waals surface area contributed by atoms with Gasteiger partial charge in [0.1, 0.15) is 24.9 Å². The Kier molecular flexibility index (Phi) is 7.82. The van der Waals surface area contributed by atoms with Crippen LogP contribution < -0.4 is 0 Å². The van der Waals surface area contributed by atoms with Crippen LogP contribution in [0.1, 0.15) is 24.4 Å². The molecule has 0 saturated heterocycles. The number of ketones is 1. The molecule has 10 nitrogen and oxygen atoms in total. The largest absolute Gasteiger partial charge is 0.454 e. The number of carbonyl (C=O) groups is 2. The third kappa shape index (κ3) is 5.58. The Labute approximate surface area is 137 Å². The van der Waals surface area contributed by atoms with Gasteiger partial charge in [0.2, 0.25) is 0 Å². The number of aliphatic hydroxyl groups is 5. The second-order valence-corrected chi connectivity index (χ2v) is 5.04. The van der Waals surface area contributed by atoms with E-state index in [2.05, 4.69) is 9.97 Å². The molecule has 5 N–H and O–H groups in total. The second-order valence-electron chi connectivity index (χ2n) is 5.04. The summed E-state index contributed by atoms with van der Waals surface area (Å²) >= 11 is 0. The molecule has 4 atom stereocenters. The van der Waals surface area contributed by atoms with E-state index in [9.17, 15) is 24.9 Å². The van der Waals surface area contributed by atoms with E-state index in [4.69, 9.17) is 14.9 Å². The Morgan fingerprint density at radius 2 is 1.83 bits per heavy atom. The fourth-order valence-electron chi connectivity index (χ4n) is 1.83. The van der Waals surface area contributed by atoms with E-state index in [1.54, 1.807) is 0 Å². The van der Waals surface area contributed by atoms with E-state index in [1.165, 1.54) is 6.20 Å². The van der Waals surface area contributed by atoms with Crippen molar-refractivity contribution < 1.29 is 39.9 Å². The Morgan fingerprint density at radius 3 is 2.29 bits per heavy atom. The summed E-state index contributed by atoms with van der Waals surface area (Å²) in [6, 6.07) is 0. The molecule has 0 aliphatic heterocycles. The quantitative estimate of drug-likeness (QED) is 0.296. The number of hydrogen-bond donors (Lipinski definition) is 5. The summed E-state index contributed by atoms with van der Waals surface area (Å²) in [5, 5.41) is 46.3. The molecule has 1 aromatic rings. The van der Waals surface area contributed by atoms with Crippen molar-refractivity contribution in [2.75, 3.05) is 13.2 Å². The molecule has 134 valence electrons. The fourth-order valence-corrected chi connectivity index (χ4v) is 1.83. The zero-order chi connectivity index (χ0) is 18.3. The SMILES string of the molecule is CC(=O)OC(Cc1cnc(C(O)C(O)C(O)CO)cn1)C(=O)CO. The van der Waals surface area contributed by atoms with Crippen LogP contribution in [0, 0.1) is 0 Å². The van der Waals surface area contributed by atoms with Gasteiger partial charge in [0.15, 0.2) is 11.9 Å². The van der Waals surface area contributed by atoms with Gasteiger partial charge in [-0.15, -0.1) is 0 Å². The number of nitrogens with zero attached hydrogens (tertiary/aromatic N) is 2. The lowest BCUT2D eigenvalue weighted by Crippen LogP contribution is -2.35. The van der Waals surface area contributed by atoms with Crippen LogP contribution in [0.4, 0.5) is 0 Å². The zero-order valence-electron chi connectivity index (χ0n) is 12.9. The Morgan fingerprint density at radius 1 is 1.17 bits per heavy atom. The number of aliphatic hydroxyl groups excluding tert-OH is 5. The highest BCUT2D eigenvalue weighted by atomic mass is 16.5. The lowest BCUT2D eigenvalue weighted by atomic mass is 10.1. The van der Waals surface area contributed by atoms with Gasteiger partial charge in [0.05, 0.1) is 24.2 Å². The van der Waals surface area contributed by atoms with Gasteiger partial charge in [-0.05, 0) is 0 Å². The molecule has 1 aromatic heterocycles. The summed E-state index contributed by atoms with van der Waals surface area (Å²) in [6.07, 6.45) is -3.79. The number of rotatable bonds is 9. The number of hydrogen-bond acceptors (Lipinski definition) is 10. The summed E-state index contributed by atoms with van der Waals surface area (Å²) in [6.45, 7) is -0.416. The van der Waals surface area contributed by atoms with Crippen LogP contribution in [0.5, 0.6) is 0 Å². The minimum atomic E-state index is -1.65. The van der Waals surface area contributed by atoms with E-state index in [-0.39, 0.29) is 17.8 Å². The maximum atomic E-state index is 11.5. The van der Waals surface area contributed by atoms with Crippen LogP contribution in [-0.2, 0) is 20.7 Å². The lowest BCUT2D eigenvalue weighted by molar-refractivity contribution is -0.153. The van der Waals surface area contributed by atoms with Crippen LogP contribution in [0.3, 0.4) is 0 Å². The predicted molar refractivity (Wildman–Crippen MR) is 77.4 cm³/mol. The van der Waals surface area contributed by atoms with Gasteiger partial charge in [-0.2, -0.15) is 0 Å². The van der Waals surface area contributed by atoms with Crippen molar-refractivity contribution in [2.45, 2.75) is 37.8 Å². The zero-order valence-corrected chi connectivity index (χ0v) is 12.9. The van der Waals surface area contributed by atoms with Crippen LogP contribution in [0.25, 0.3) is 0 Å². The van der Waals surface area contributed by atoms with E-state index >= 15 is 0 Å². The van der Waals surface area contributed by atoms with Gasteiger partial charge in [0.25, 0.3) is 0 Å². The Hall–Kier alpha value is -1.98. The average Bonchev–Trinajstić information content (AvgIpc) is 2.58. The van der Waals surface area contributed by atoms with Crippen LogP contribution in [0.2, 0.25) is 0 Å². The molecule has 0 amide bonds. The van der Waals surface area contributed by atoms with Gasteiger partial charge in [-0.3, -0.25) is 19.6 Å². The molecular weight excluding hydrogens is 324 g/mol. The van der Waals surface area contributed by atoms with Gasteiger partial charge in [0, 0.05) is 19.5 Å². The summed E-state index contributed by atoms with van der Waals surface area (Å²) in [5.41, 5.74) is 0.187. The van der Waals surface area contributed by atoms with Crippen molar-refractivity contribution in [2.24, 2.45) is 0 Å². The van der Waals surface area contributed by atoms with Gasteiger partial charge in [-0.25, -0.2) is 0 Å². The molecule has 1 rings (SSSR count). The van der Waals surface area contributed by atoms with Crippen molar-refractivity contribution >= 4 is 11.8 Å². The van der Waals surface area contributed by atoms with Crippen LogP contribution in [0.15, 0.2) is 12.4 Å². The molecule has 1 heterocycles. The third-order valence-corrected chi connectivity index (χ3v) is 3.15. The first-order chi connectivity index (χ1) is 11.3. The first-order valence-electron chi connectivity index (χ1n) is 7.06. The van der Waals surface area contributed by atoms with Gasteiger partial charge >= 0.3 is 5.97 Å². The number of carbonyl (C=O) groups excluding carboxylic acids is 2. The molecule has 0 fully saturated rings. The third-order valence-electron chi connectivity index (χ3n) is 3.15. The van der Waals surface area contributed by atoms with Gasteiger partial charge in [-0.1, -0.05) is 0 Å². The summed E-state index contributed by atoms with van der Waals surface area (Å²) in [5.74, 6) is -1.39. The normalized spacial score (nSPS) is 16.1. The van der Waals surface area contributed by atoms with Crippen molar-refractivity contribution in [3.8, 4) is 0 Å². The molecule has 4 unspecified atom stereocenters. The predicted octanol–water partition coefficient (Wildman–Crippen LogP) is -2.74. The molecule has 0 saturated carbocycles. The number of esters is 1. The fraction of sp³-hybridized carbons (Fsp3) is 0.571. The van der Waals surface area contributed by atoms with Crippen LogP contribution in [-0.4, -0.2) is 78.8 Å². The molecule has 0 spiro atoms. The monoisotopic (exact) mass is 344 g/mol.